The summed E-state index contributed by atoms with van der Waals surface area (Å²) in [4.78, 5) is 17.0. The van der Waals surface area contributed by atoms with E-state index in [4.69, 9.17) is 28.2 Å². The zero-order valence-electron chi connectivity index (χ0n) is 16.2. The molecular weight excluding hydrogens is 419 g/mol. The average Bonchev–Trinajstić information content (AvgIpc) is 3.18. The first-order valence-corrected chi connectivity index (χ1v) is 9.75. The van der Waals surface area contributed by atoms with Crippen LogP contribution in [0.25, 0.3) is 34.0 Å². The number of benzene rings is 1. The minimum Gasteiger partial charge on any atom is -0.481 e. The number of hydrogen-bond acceptors (Lipinski definition) is 6. The Kier molecular flexibility index (Phi) is 5.85. The van der Waals surface area contributed by atoms with Gasteiger partial charge in [0.15, 0.2) is 12.4 Å². The normalized spacial score (nSPS) is 12.1. The van der Waals surface area contributed by atoms with E-state index in [1.807, 2.05) is 28.8 Å². The van der Waals surface area contributed by atoms with E-state index in [9.17, 15) is 4.39 Å². The Morgan fingerprint density at radius 3 is 2.65 bits per heavy atom. The molecule has 3 aromatic heterocycles. The van der Waals surface area contributed by atoms with Gasteiger partial charge in [-0.05, 0) is 29.8 Å². The Morgan fingerprint density at radius 2 is 1.97 bits per heavy atom. The summed E-state index contributed by atoms with van der Waals surface area (Å²) in [6, 6.07) is 14.6. The van der Waals surface area contributed by atoms with Crippen molar-refractivity contribution in [3.05, 3.63) is 71.7 Å². The lowest BCUT2D eigenvalue weighted by molar-refractivity contribution is 0.514. The first kappa shape index (κ1) is 20.4. The molecule has 0 spiro atoms. The van der Waals surface area contributed by atoms with Crippen LogP contribution in [0.1, 0.15) is 11.3 Å². The zero-order valence-corrected chi connectivity index (χ0v) is 17.0. The number of hydrazone groups is 1. The van der Waals surface area contributed by atoms with Gasteiger partial charge in [0.25, 0.3) is 0 Å². The summed E-state index contributed by atoms with van der Waals surface area (Å²) in [5, 5.41) is 3.66. The number of alkyl halides is 2. The van der Waals surface area contributed by atoms with E-state index < -0.39 is 6.80 Å². The molecule has 3 N–H and O–H groups in total. The molecule has 3 heterocycles. The van der Waals surface area contributed by atoms with E-state index in [-0.39, 0.29) is 11.5 Å². The molecule has 0 saturated heterocycles. The van der Waals surface area contributed by atoms with Crippen LogP contribution in [0, 0.1) is 0 Å². The summed E-state index contributed by atoms with van der Waals surface area (Å²) in [5.41, 5.74) is 12.3. The highest BCUT2D eigenvalue weighted by atomic mass is 35.5. The number of hydrogen-bond donors (Lipinski definition) is 1. The predicted octanol–water partition coefficient (Wildman–Crippen LogP) is 4.57. The molecule has 0 unspecified atom stereocenters. The van der Waals surface area contributed by atoms with Crippen molar-refractivity contribution in [1.82, 2.24) is 19.5 Å². The number of aliphatic imine (C=N–C) groups is 1. The van der Waals surface area contributed by atoms with Gasteiger partial charge < -0.3 is 16.6 Å². The number of imidazole rings is 1. The molecule has 4 aromatic rings. The highest BCUT2D eigenvalue weighted by Crippen LogP contribution is 2.32. The second-order valence-corrected chi connectivity index (χ2v) is 6.72. The SMILES string of the molecule is [NH-]c1ncccc1-c1nc2ccc(C(/C=N/CF)=N/N)nc2n1-c1ccc(CCl)cc1. The number of aromatic nitrogens is 4. The van der Waals surface area contributed by atoms with Crippen molar-refractivity contribution in [3.8, 4) is 17.1 Å². The number of fused-ring (bicyclic) bond motifs is 1. The van der Waals surface area contributed by atoms with Crippen LogP contribution in [0.2, 0.25) is 0 Å². The summed E-state index contributed by atoms with van der Waals surface area (Å²) in [5.74, 6) is 6.45. The number of nitrogens with one attached hydrogen (secondary N) is 1. The van der Waals surface area contributed by atoms with Gasteiger partial charge in [-0.25, -0.2) is 14.4 Å². The first-order chi connectivity index (χ1) is 15.2. The fourth-order valence-electron chi connectivity index (χ4n) is 3.13. The molecule has 1 aromatic carbocycles. The minimum absolute atomic E-state index is 0.0935. The van der Waals surface area contributed by atoms with Gasteiger partial charge in [0.1, 0.15) is 17.1 Å². The van der Waals surface area contributed by atoms with Gasteiger partial charge in [0, 0.05) is 17.1 Å². The van der Waals surface area contributed by atoms with Crippen LogP contribution in [0.15, 0.2) is 64.8 Å². The predicted molar refractivity (Wildman–Crippen MR) is 121 cm³/mol. The molecule has 0 aliphatic rings. The maximum absolute atomic E-state index is 12.5. The molecule has 0 radical (unpaired) electrons. The monoisotopic (exact) mass is 435 g/mol. The number of nitrogens with zero attached hydrogens (tertiary/aromatic N) is 6. The lowest BCUT2D eigenvalue weighted by Crippen LogP contribution is -2.09. The Morgan fingerprint density at radius 1 is 1.16 bits per heavy atom. The van der Waals surface area contributed by atoms with Crippen molar-refractivity contribution in [2.45, 2.75) is 5.88 Å². The van der Waals surface area contributed by atoms with Gasteiger partial charge in [-0.15, -0.1) is 11.6 Å². The first-order valence-electron chi connectivity index (χ1n) is 9.22. The highest BCUT2D eigenvalue weighted by molar-refractivity contribution is 6.37. The van der Waals surface area contributed by atoms with Crippen LogP contribution in [-0.2, 0) is 5.88 Å². The average molecular weight is 436 g/mol. The van der Waals surface area contributed by atoms with Crippen LogP contribution in [0.4, 0.5) is 10.2 Å². The molecule has 10 heteroatoms. The fourth-order valence-corrected chi connectivity index (χ4v) is 3.31. The Bertz CT molecular complexity index is 1280. The van der Waals surface area contributed by atoms with Crippen molar-refractivity contribution in [2.24, 2.45) is 15.9 Å². The molecule has 0 fully saturated rings. The minimum atomic E-state index is -0.885. The highest BCUT2D eigenvalue weighted by Gasteiger charge is 2.17. The number of pyridine rings is 2. The smallest absolute Gasteiger partial charge is 0.179 e. The van der Waals surface area contributed by atoms with E-state index in [2.05, 4.69) is 20.1 Å². The standard InChI is InChI=1S/C21H17ClFN8/c22-10-13-3-5-14(6-4-13)31-20(15-2-1-9-27-19(15)24)29-17-8-7-16(28-21(17)31)18(30-25)11-26-12-23/h1-9,11H,10,12,25H2,(H-,24,27)/q-1/b26-11+,30-18+. The topological polar surface area (TPSA) is 118 Å². The van der Waals surface area contributed by atoms with E-state index >= 15 is 0 Å². The lowest BCUT2D eigenvalue weighted by Gasteiger charge is -2.14. The molecule has 0 atom stereocenters. The van der Waals surface area contributed by atoms with Gasteiger partial charge >= 0.3 is 0 Å². The van der Waals surface area contributed by atoms with Gasteiger partial charge in [-0.3, -0.25) is 9.56 Å². The van der Waals surface area contributed by atoms with Crippen LogP contribution in [0.5, 0.6) is 0 Å². The van der Waals surface area contributed by atoms with E-state index in [0.29, 0.717) is 34.1 Å². The number of halogens is 2. The fraction of sp³-hybridized carbons (Fsp3) is 0.0952. The van der Waals surface area contributed by atoms with E-state index in [1.165, 1.54) is 6.21 Å². The summed E-state index contributed by atoms with van der Waals surface area (Å²) in [6.07, 6.45) is 2.78. The second kappa shape index (κ2) is 8.88. The largest absolute Gasteiger partial charge is 0.481 e. The Hall–Kier alpha value is -3.85. The number of rotatable bonds is 6. The van der Waals surface area contributed by atoms with Crippen molar-refractivity contribution in [1.29, 1.82) is 0 Å². The third-order valence-corrected chi connectivity index (χ3v) is 4.89. The Labute approximate surface area is 182 Å². The summed E-state index contributed by atoms with van der Waals surface area (Å²) in [6.45, 7) is -0.885. The van der Waals surface area contributed by atoms with E-state index in [1.54, 1.807) is 30.5 Å². The van der Waals surface area contributed by atoms with Crippen LogP contribution in [-0.4, -0.2) is 38.2 Å². The van der Waals surface area contributed by atoms with Gasteiger partial charge in [0.2, 0.25) is 0 Å². The van der Waals surface area contributed by atoms with Gasteiger partial charge in [0.05, 0.1) is 11.9 Å². The molecule has 31 heavy (non-hydrogen) atoms. The van der Waals surface area contributed by atoms with Crippen molar-refractivity contribution in [2.75, 3.05) is 6.80 Å². The number of nitrogens with two attached hydrogens (primary N) is 1. The van der Waals surface area contributed by atoms with Crippen LogP contribution in [0.3, 0.4) is 0 Å². The molecular formula is C21H17ClFN8-. The molecule has 8 nitrogen and oxygen atoms in total. The Balaban J connectivity index is 1.98. The second-order valence-electron chi connectivity index (χ2n) is 6.46. The summed E-state index contributed by atoms with van der Waals surface area (Å²) >= 11 is 5.93. The quantitative estimate of drug-likeness (QED) is 0.157. The van der Waals surface area contributed by atoms with Crippen molar-refractivity contribution >= 4 is 40.5 Å². The molecule has 156 valence electrons. The molecule has 4 rings (SSSR count). The molecule has 0 amide bonds. The van der Waals surface area contributed by atoms with Gasteiger partial charge in [-0.1, -0.05) is 36.3 Å². The van der Waals surface area contributed by atoms with Crippen molar-refractivity contribution < 1.29 is 4.39 Å². The van der Waals surface area contributed by atoms with Crippen LogP contribution < -0.4 is 5.84 Å². The molecule has 0 aliphatic heterocycles. The molecule has 0 aliphatic carbocycles. The third-order valence-electron chi connectivity index (χ3n) is 4.59. The van der Waals surface area contributed by atoms with Crippen LogP contribution >= 0.6 is 11.6 Å². The maximum Gasteiger partial charge on any atom is 0.179 e. The van der Waals surface area contributed by atoms with Crippen molar-refractivity contribution in [3.63, 3.8) is 0 Å². The zero-order chi connectivity index (χ0) is 21.8. The molecule has 0 bridgehead atoms. The maximum atomic E-state index is 12.5. The summed E-state index contributed by atoms with van der Waals surface area (Å²) < 4.78 is 14.3. The van der Waals surface area contributed by atoms with Gasteiger partial charge in [-0.2, -0.15) is 5.10 Å². The third kappa shape index (κ3) is 3.95. The van der Waals surface area contributed by atoms with E-state index in [0.717, 1.165) is 11.3 Å². The summed E-state index contributed by atoms with van der Waals surface area (Å²) in [7, 11) is 0. The molecule has 0 saturated carbocycles. The lowest BCUT2D eigenvalue weighted by atomic mass is 10.2.